The lowest BCUT2D eigenvalue weighted by Crippen LogP contribution is -2.44. The average Bonchev–Trinajstić information content (AvgIpc) is 2.31. The number of phenols is 2. The van der Waals surface area contributed by atoms with Crippen molar-refractivity contribution in [2.45, 2.75) is 13.0 Å². The van der Waals surface area contributed by atoms with Gasteiger partial charge in [0.15, 0.2) is 11.5 Å². The lowest BCUT2D eigenvalue weighted by Gasteiger charge is -2.18. The third-order valence-corrected chi connectivity index (χ3v) is 2.40. The number of nitrogens with zero attached hydrogens (tertiary/aromatic N) is 1. The van der Waals surface area contributed by atoms with Crippen LogP contribution in [0.2, 0.25) is 0 Å². The minimum Gasteiger partial charge on any atom is -0.504 e. The zero-order chi connectivity index (χ0) is 13.9. The van der Waals surface area contributed by atoms with Crippen molar-refractivity contribution in [2.75, 3.05) is 14.1 Å². The second kappa shape index (κ2) is 5.39. The fraction of sp³-hybridized carbons (Fsp3) is 0.333. The summed E-state index contributed by atoms with van der Waals surface area (Å²) in [6.45, 7) is 1.57. The van der Waals surface area contributed by atoms with Crippen LogP contribution in [0.15, 0.2) is 18.2 Å². The lowest BCUT2D eigenvalue weighted by atomic mass is 10.1. The van der Waals surface area contributed by atoms with Gasteiger partial charge < -0.3 is 20.4 Å². The van der Waals surface area contributed by atoms with E-state index in [4.69, 9.17) is 5.11 Å². The van der Waals surface area contributed by atoms with E-state index in [1.54, 1.807) is 21.0 Å². The minimum atomic E-state index is -0.663. The molecule has 1 aromatic carbocycles. The highest BCUT2D eigenvalue weighted by atomic mass is 16.3. The minimum absolute atomic E-state index is 0.170. The number of hydrogen-bond donors (Lipinski definition) is 3. The number of nitrogens with one attached hydrogen (secondary N) is 1. The molecular formula is C12H16N2O4. The van der Waals surface area contributed by atoms with E-state index in [0.717, 1.165) is 6.07 Å². The first-order chi connectivity index (χ1) is 8.32. The molecule has 0 aliphatic heterocycles. The van der Waals surface area contributed by atoms with Gasteiger partial charge in [0.2, 0.25) is 5.91 Å². The largest absolute Gasteiger partial charge is 0.504 e. The number of amides is 2. The normalized spacial score (nSPS) is 11.7. The molecule has 0 heterocycles. The first-order valence-corrected chi connectivity index (χ1v) is 5.37. The summed E-state index contributed by atoms with van der Waals surface area (Å²) >= 11 is 0. The Morgan fingerprint density at radius 3 is 2.33 bits per heavy atom. The molecule has 0 fully saturated rings. The molecule has 0 radical (unpaired) electrons. The molecule has 98 valence electrons. The third kappa shape index (κ3) is 3.13. The Hall–Kier alpha value is -2.24. The smallest absolute Gasteiger partial charge is 0.252 e. The van der Waals surface area contributed by atoms with Crippen molar-refractivity contribution in [3.05, 3.63) is 23.8 Å². The Labute approximate surface area is 105 Å². The number of rotatable bonds is 3. The van der Waals surface area contributed by atoms with Gasteiger partial charge >= 0.3 is 0 Å². The monoisotopic (exact) mass is 252 g/mol. The van der Waals surface area contributed by atoms with Crippen LogP contribution in [0.25, 0.3) is 0 Å². The Balaban J connectivity index is 2.76. The van der Waals surface area contributed by atoms with Crippen LogP contribution in [0.3, 0.4) is 0 Å². The van der Waals surface area contributed by atoms with Crippen LogP contribution in [0.4, 0.5) is 0 Å². The van der Waals surface area contributed by atoms with Crippen molar-refractivity contribution in [3.63, 3.8) is 0 Å². The Morgan fingerprint density at radius 1 is 1.22 bits per heavy atom. The van der Waals surface area contributed by atoms with Gasteiger partial charge in [-0.2, -0.15) is 0 Å². The molecule has 6 nitrogen and oxygen atoms in total. The summed E-state index contributed by atoms with van der Waals surface area (Å²) in [5.74, 6) is -1.41. The molecular weight excluding hydrogens is 236 g/mol. The van der Waals surface area contributed by atoms with Gasteiger partial charge in [0.1, 0.15) is 6.04 Å². The SMILES string of the molecule is CC(NC(=O)c1ccc(O)c(O)c1)C(=O)N(C)C. The predicted octanol–water partition coefficient (Wildman–Crippen LogP) is 0.304. The lowest BCUT2D eigenvalue weighted by molar-refractivity contribution is -0.130. The van der Waals surface area contributed by atoms with Crippen LogP contribution in [0, 0.1) is 0 Å². The molecule has 1 aromatic rings. The van der Waals surface area contributed by atoms with Gasteiger partial charge in [-0.1, -0.05) is 0 Å². The molecule has 0 bridgehead atoms. The molecule has 0 spiro atoms. The van der Waals surface area contributed by atoms with E-state index >= 15 is 0 Å². The maximum absolute atomic E-state index is 11.8. The van der Waals surface area contributed by atoms with Crippen molar-refractivity contribution in [2.24, 2.45) is 0 Å². The molecule has 0 saturated carbocycles. The van der Waals surface area contributed by atoms with Gasteiger partial charge in [0, 0.05) is 19.7 Å². The van der Waals surface area contributed by atoms with E-state index < -0.39 is 11.9 Å². The molecule has 0 aliphatic rings. The van der Waals surface area contributed by atoms with Crippen molar-refractivity contribution >= 4 is 11.8 Å². The molecule has 18 heavy (non-hydrogen) atoms. The van der Waals surface area contributed by atoms with Crippen LogP contribution in [0.1, 0.15) is 17.3 Å². The van der Waals surface area contributed by atoms with Gasteiger partial charge in [-0.05, 0) is 25.1 Å². The van der Waals surface area contributed by atoms with E-state index in [2.05, 4.69) is 5.32 Å². The maximum Gasteiger partial charge on any atom is 0.252 e. The quantitative estimate of drug-likeness (QED) is 0.675. The first-order valence-electron chi connectivity index (χ1n) is 5.37. The predicted molar refractivity (Wildman–Crippen MR) is 65.4 cm³/mol. The zero-order valence-electron chi connectivity index (χ0n) is 10.5. The molecule has 6 heteroatoms. The summed E-state index contributed by atoms with van der Waals surface area (Å²) in [5.41, 5.74) is 0.170. The first kappa shape index (κ1) is 13.8. The summed E-state index contributed by atoms with van der Waals surface area (Å²) in [6.07, 6.45) is 0. The van der Waals surface area contributed by atoms with Crippen LogP contribution in [-0.2, 0) is 4.79 Å². The highest BCUT2D eigenvalue weighted by Crippen LogP contribution is 2.24. The standard InChI is InChI=1S/C12H16N2O4/c1-7(12(18)14(2)3)13-11(17)8-4-5-9(15)10(16)6-8/h4-7,15-16H,1-3H3,(H,13,17). The van der Waals surface area contributed by atoms with E-state index in [1.807, 2.05) is 0 Å². The van der Waals surface area contributed by atoms with Crippen molar-refractivity contribution in [3.8, 4) is 11.5 Å². The Morgan fingerprint density at radius 2 is 1.83 bits per heavy atom. The number of aromatic hydroxyl groups is 2. The van der Waals surface area contributed by atoms with E-state index in [0.29, 0.717) is 0 Å². The van der Waals surface area contributed by atoms with Crippen molar-refractivity contribution < 1.29 is 19.8 Å². The third-order valence-electron chi connectivity index (χ3n) is 2.40. The van der Waals surface area contributed by atoms with Crippen LogP contribution in [0.5, 0.6) is 11.5 Å². The molecule has 1 unspecified atom stereocenters. The number of hydrogen-bond acceptors (Lipinski definition) is 4. The Bertz CT molecular complexity index is 471. The van der Waals surface area contributed by atoms with Gasteiger partial charge in [-0.25, -0.2) is 0 Å². The van der Waals surface area contributed by atoms with Crippen LogP contribution in [-0.4, -0.2) is 47.1 Å². The van der Waals surface area contributed by atoms with Crippen molar-refractivity contribution in [1.29, 1.82) is 0 Å². The fourth-order valence-corrected chi connectivity index (χ4v) is 1.39. The van der Waals surface area contributed by atoms with E-state index in [1.165, 1.54) is 17.0 Å². The highest BCUT2D eigenvalue weighted by Gasteiger charge is 2.18. The molecule has 1 rings (SSSR count). The molecule has 0 aromatic heterocycles. The number of carbonyl (C=O) groups excluding carboxylic acids is 2. The maximum atomic E-state index is 11.8. The second-order valence-electron chi connectivity index (χ2n) is 4.13. The molecule has 0 aliphatic carbocycles. The molecule has 2 amide bonds. The number of likely N-dealkylation sites (N-methyl/N-ethyl adjacent to an activating group) is 1. The summed E-state index contributed by atoms with van der Waals surface area (Å²) in [7, 11) is 3.19. The topological polar surface area (TPSA) is 89.9 Å². The molecule has 1 atom stereocenters. The van der Waals surface area contributed by atoms with E-state index in [9.17, 15) is 14.7 Å². The van der Waals surface area contributed by atoms with E-state index in [-0.39, 0.29) is 23.0 Å². The van der Waals surface area contributed by atoms with Gasteiger partial charge in [0.25, 0.3) is 5.91 Å². The second-order valence-corrected chi connectivity index (χ2v) is 4.13. The summed E-state index contributed by atoms with van der Waals surface area (Å²) < 4.78 is 0. The molecule has 3 N–H and O–H groups in total. The molecule has 0 saturated heterocycles. The Kier molecular flexibility index (Phi) is 4.14. The zero-order valence-corrected chi connectivity index (χ0v) is 10.5. The van der Waals surface area contributed by atoms with Gasteiger partial charge in [-0.15, -0.1) is 0 Å². The van der Waals surface area contributed by atoms with Crippen LogP contribution < -0.4 is 5.32 Å². The number of phenolic OH excluding ortho intramolecular Hbond substituents is 2. The summed E-state index contributed by atoms with van der Waals surface area (Å²) in [5, 5.41) is 20.9. The van der Waals surface area contributed by atoms with Gasteiger partial charge in [0.05, 0.1) is 0 Å². The number of carbonyl (C=O) groups is 2. The summed E-state index contributed by atoms with van der Waals surface area (Å²) in [6, 6.07) is 3.04. The van der Waals surface area contributed by atoms with Crippen LogP contribution >= 0.6 is 0 Å². The summed E-state index contributed by atoms with van der Waals surface area (Å²) in [4.78, 5) is 24.7. The fourth-order valence-electron chi connectivity index (χ4n) is 1.39. The average molecular weight is 252 g/mol. The van der Waals surface area contributed by atoms with Crippen molar-refractivity contribution in [1.82, 2.24) is 10.2 Å². The number of benzene rings is 1. The highest BCUT2D eigenvalue weighted by molar-refractivity contribution is 5.97. The van der Waals surface area contributed by atoms with Gasteiger partial charge in [-0.3, -0.25) is 9.59 Å².